The van der Waals surface area contributed by atoms with Gasteiger partial charge in [0, 0.05) is 20.0 Å². The second kappa shape index (κ2) is 7.90. The number of likely N-dealkylation sites (tertiary alicyclic amines) is 1. The number of para-hydroxylation sites is 1. The molecule has 0 aliphatic carbocycles. The number of carbonyl (C=O) groups is 1. The summed E-state index contributed by atoms with van der Waals surface area (Å²) in [6.45, 7) is 4.36. The molecule has 0 bridgehead atoms. The smallest absolute Gasteiger partial charge is 0.223 e. The molecule has 0 saturated carbocycles. The molecule has 0 N–H and O–H groups in total. The van der Waals surface area contributed by atoms with Gasteiger partial charge >= 0.3 is 0 Å². The Morgan fingerprint density at radius 3 is 2.65 bits per heavy atom. The lowest BCUT2D eigenvalue weighted by Crippen LogP contribution is -2.33. The van der Waals surface area contributed by atoms with Crippen LogP contribution in [0, 0.1) is 0 Å². The molecule has 0 aromatic heterocycles. The fourth-order valence-corrected chi connectivity index (χ4v) is 2.39. The van der Waals surface area contributed by atoms with Crippen molar-refractivity contribution in [2.45, 2.75) is 19.3 Å². The summed E-state index contributed by atoms with van der Waals surface area (Å²) in [5.41, 5.74) is 0. The van der Waals surface area contributed by atoms with E-state index in [9.17, 15) is 4.79 Å². The van der Waals surface area contributed by atoms with Crippen LogP contribution in [0.25, 0.3) is 0 Å². The van der Waals surface area contributed by atoms with Gasteiger partial charge in [0.1, 0.15) is 12.4 Å². The van der Waals surface area contributed by atoms with Crippen LogP contribution in [0.3, 0.4) is 0 Å². The van der Waals surface area contributed by atoms with E-state index in [-0.39, 0.29) is 5.91 Å². The van der Waals surface area contributed by atoms with Crippen LogP contribution < -0.4 is 4.74 Å². The summed E-state index contributed by atoms with van der Waals surface area (Å²) in [5.74, 6) is 1.05. The maximum absolute atomic E-state index is 12.0. The van der Waals surface area contributed by atoms with Crippen molar-refractivity contribution in [3.63, 3.8) is 0 Å². The first-order chi connectivity index (χ1) is 9.75. The third kappa shape index (κ3) is 4.85. The molecule has 110 valence electrons. The molecule has 0 unspecified atom stereocenters. The fraction of sp³-hybridized carbons (Fsp3) is 0.562. The Kier molecular flexibility index (Phi) is 5.87. The van der Waals surface area contributed by atoms with Crippen molar-refractivity contribution >= 4 is 5.91 Å². The molecular weight excluding hydrogens is 252 g/mol. The summed E-state index contributed by atoms with van der Waals surface area (Å²) in [6, 6.07) is 9.70. The van der Waals surface area contributed by atoms with Gasteiger partial charge in [0.25, 0.3) is 0 Å². The zero-order valence-corrected chi connectivity index (χ0v) is 12.3. The minimum Gasteiger partial charge on any atom is -0.492 e. The molecule has 1 saturated heterocycles. The number of hydrogen-bond acceptors (Lipinski definition) is 3. The maximum Gasteiger partial charge on any atom is 0.223 e. The van der Waals surface area contributed by atoms with E-state index in [1.165, 1.54) is 12.8 Å². The summed E-state index contributed by atoms with van der Waals surface area (Å²) >= 11 is 0. The fourth-order valence-electron chi connectivity index (χ4n) is 2.39. The Morgan fingerprint density at radius 1 is 1.25 bits per heavy atom. The Bertz CT molecular complexity index is 402. The first-order valence-corrected chi connectivity index (χ1v) is 7.40. The second-order valence-corrected chi connectivity index (χ2v) is 5.28. The van der Waals surface area contributed by atoms with Gasteiger partial charge in [0.05, 0.1) is 6.54 Å². The molecule has 0 atom stereocenters. The first-order valence-electron chi connectivity index (χ1n) is 7.40. The van der Waals surface area contributed by atoms with Gasteiger partial charge in [0.15, 0.2) is 0 Å². The minimum absolute atomic E-state index is 0.202. The quantitative estimate of drug-likeness (QED) is 0.764. The Morgan fingerprint density at radius 2 is 1.95 bits per heavy atom. The van der Waals surface area contributed by atoms with Crippen molar-refractivity contribution < 1.29 is 9.53 Å². The summed E-state index contributed by atoms with van der Waals surface area (Å²) in [5, 5.41) is 0. The van der Waals surface area contributed by atoms with E-state index in [0.29, 0.717) is 19.6 Å². The molecule has 1 fully saturated rings. The van der Waals surface area contributed by atoms with E-state index in [4.69, 9.17) is 4.74 Å². The number of hydrogen-bond donors (Lipinski definition) is 0. The molecule has 20 heavy (non-hydrogen) atoms. The molecule has 1 amide bonds. The van der Waals surface area contributed by atoms with Gasteiger partial charge in [-0.15, -0.1) is 0 Å². The SMILES string of the molecule is CN(CCOc1ccccc1)C(=O)CCN1CCCC1. The number of ether oxygens (including phenoxy) is 1. The number of benzene rings is 1. The van der Waals surface area contributed by atoms with Crippen molar-refractivity contribution in [2.75, 3.05) is 39.8 Å². The number of amides is 1. The number of nitrogens with zero attached hydrogens (tertiary/aromatic N) is 2. The first kappa shape index (κ1) is 14.9. The molecule has 0 radical (unpaired) electrons. The van der Waals surface area contributed by atoms with Crippen molar-refractivity contribution in [1.82, 2.24) is 9.80 Å². The monoisotopic (exact) mass is 276 g/mol. The lowest BCUT2D eigenvalue weighted by molar-refractivity contribution is -0.130. The van der Waals surface area contributed by atoms with Crippen molar-refractivity contribution in [2.24, 2.45) is 0 Å². The van der Waals surface area contributed by atoms with Crippen LogP contribution in [0.2, 0.25) is 0 Å². The number of likely N-dealkylation sites (N-methyl/N-ethyl adjacent to an activating group) is 1. The van der Waals surface area contributed by atoms with Gasteiger partial charge in [-0.1, -0.05) is 18.2 Å². The summed E-state index contributed by atoms with van der Waals surface area (Å²) < 4.78 is 5.60. The third-order valence-corrected chi connectivity index (χ3v) is 3.70. The standard InChI is InChI=1S/C16H24N2O2/c1-17(13-14-20-15-7-3-2-4-8-15)16(19)9-12-18-10-5-6-11-18/h2-4,7-8H,5-6,9-14H2,1H3. The topological polar surface area (TPSA) is 32.8 Å². The summed E-state index contributed by atoms with van der Waals surface area (Å²) in [7, 11) is 1.85. The van der Waals surface area contributed by atoms with E-state index >= 15 is 0 Å². The predicted molar refractivity (Wildman–Crippen MR) is 79.9 cm³/mol. The molecule has 1 heterocycles. The van der Waals surface area contributed by atoms with Gasteiger partial charge in [-0.3, -0.25) is 4.79 Å². The average Bonchev–Trinajstić information content (AvgIpc) is 2.99. The molecule has 1 aromatic carbocycles. The summed E-state index contributed by atoms with van der Waals surface area (Å²) in [6.07, 6.45) is 3.16. The van der Waals surface area contributed by atoms with Gasteiger partial charge in [-0.05, 0) is 38.1 Å². The van der Waals surface area contributed by atoms with Gasteiger partial charge in [0.2, 0.25) is 5.91 Å². The van der Waals surface area contributed by atoms with Gasteiger partial charge < -0.3 is 14.5 Å². The maximum atomic E-state index is 12.0. The molecular formula is C16H24N2O2. The minimum atomic E-state index is 0.202. The van der Waals surface area contributed by atoms with Gasteiger partial charge in [-0.2, -0.15) is 0 Å². The highest BCUT2D eigenvalue weighted by Gasteiger charge is 2.14. The van der Waals surface area contributed by atoms with Crippen LogP contribution in [0.15, 0.2) is 30.3 Å². The molecule has 4 nitrogen and oxygen atoms in total. The van der Waals surface area contributed by atoms with Crippen molar-refractivity contribution in [3.8, 4) is 5.75 Å². The predicted octanol–water partition coefficient (Wildman–Crippen LogP) is 2.01. The highest BCUT2D eigenvalue weighted by Crippen LogP contribution is 2.09. The molecule has 0 spiro atoms. The zero-order valence-electron chi connectivity index (χ0n) is 12.3. The largest absolute Gasteiger partial charge is 0.492 e. The van der Waals surface area contributed by atoms with Crippen LogP contribution in [-0.4, -0.2) is 55.5 Å². The second-order valence-electron chi connectivity index (χ2n) is 5.28. The molecule has 1 aliphatic rings. The highest BCUT2D eigenvalue weighted by atomic mass is 16.5. The molecule has 1 aliphatic heterocycles. The number of rotatable bonds is 7. The normalized spacial score (nSPS) is 15.2. The van der Waals surface area contributed by atoms with E-state index in [2.05, 4.69) is 4.90 Å². The molecule has 1 aromatic rings. The Labute approximate surface area is 121 Å². The lowest BCUT2D eigenvalue weighted by atomic mass is 10.3. The third-order valence-electron chi connectivity index (χ3n) is 3.70. The van der Waals surface area contributed by atoms with E-state index < -0.39 is 0 Å². The highest BCUT2D eigenvalue weighted by molar-refractivity contribution is 5.76. The van der Waals surface area contributed by atoms with E-state index in [0.717, 1.165) is 25.4 Å². The molecule has 4 heteroatoms. The Balaban J connectivity index is 1.61. The van der Waals surface area contributed by atoms with E-state index in [1.807, 2.05) is 37.4 Å². The van der Waals surface area contributed by atoms with Gasteiger partial charge in [-0.25, -0.2) is 0 Å². The van der Waals surface area contributed by atoms with Crippen LogP contribution >= 0.6 is 0 Å². The summed E-state index contributed by atoms with van der Waals surface area (Å²) in [4.78, 5) is 16.1. The van der Waals surface area contributed by atoms with Crippen LogP contribution in [0.5, 0.6) is 5.75 Å². The van der Waals surface area contributed by atoms with Crippen LogP contribution in [0.4, 0.5) is 0 Å². The van der Waals surface area contributed by atoms with Crippen molar-refractivity contribution in [3.05, 3.63) is 30.3 Å². The van der Waals surface area contributed by atoms with Crippen LogP contribution in [0.1, 0.15) is 19.3 Å². The zero-order chi connectivity index (χ0) is 14.2. The van der Waals surface area contributed by atoms with E-state index in [1.54, 1.807) is 4.90 Å². The Hall–Kier alpha value is -1.55. The molecule has 2 rings (SSSR count). The number of carbonyl (C=O) groups excluding carboxylic acids is 1. The lowest BCUT2D eigenvalue weighted by Gasteiger charge is -2.20. The average molecular weight is 276 g/mol. The van der Waals surface area contributed by atoms with Crippen LogP contribution in [-0.2, 0) is 4.79 Å². The van der Waals surface area contributed by atoms with Crippen molar-refractivity contribution in [1.29, 1.82) is 0 Å².